The molecule has 0 aromatic carbocycles. The van der Waals surface area contributed by atoms with Crippen LogP contribution in [0.2, 0.25) is 0 Å². The zero-order valence-corrected chi connectivity index (χ0v) is 10.8. The van der Waals surface area contributed by atoms with Gasteiger partial charge in [-0.3, -0.25) is 0 Å². The molecule has 0 unspecified atom stereocenters. The first-order valence-electron chi connectivity index (χ1n) is 7.52. The van der Waals surface area contributed by atoms with Crippen molar-refractivity contribution in [3.05, 3.63) is 0 Å². The van der Waals surface area contributed by atoms with Gasteiger partial charge >= 0.3 is 0 Å². The van der Waals surface area contributed by atoms with Gasteiger partial charge in [0.05, 0.1) is 0 Å². The quantitative estimate of drug-likeness (QED) is 0.755. The van der Waals surface area contributed by atoms with E-state index in [-0.39, 0.29) is 0 Å². The second-order valence-corrected chi connectivity index (χ2v) is 6.78. The summed E-state index contributed by atoms with van der Waals surface area (Å²) in [6, 6.07) is 0.561. The first-order chi connectivity index (χ1) is 7.76. The maximum atomic E-state index is 6.59. The lowest BCUT2D eigenvalue weighted by Gasteiger charge is -2.48. The number of fused-ring (bicyclic) bond motifs is 3. The Morgan fingerprint density at radius 3 is 2.81 bits per heavy atom. The molecule has 0 heterocycles. The third-order valence-corrected chi connectivity index (χ3v) is 6.08. The number of hydrogen-bond donors (Lipinski definition) is 1. The predicted octanol–water partition coefficient (Wildman–Crippen LogP) is 3.72. The third kappa shape index (κ3) is 1.47. The van der Waals surface area contributed by atoms with E-state index in [4.69, 9.17) is 5.73 Å². The van der Waals surface area contributed by atoms with Gasteiger partial charge in [0.25, 0.3) is 0 Å². The molecule has 0 aromatic heterocycles. The van der Waals surface area contributed by atoms with Crippen LogP contribution in [-0.4, -0.2) is 6.04 Å². The standard InChI is InChI=1S/C15H27N/c1-2-4-11-5-3-8-15(10-11)13-7-6-12(9-13)14(15)16/h11-14H,2-10,16H2,1H3/t11-,12+,13-,14-,15+/m0/s1. The minimum absolute atomic E-state index is 0.561. The van der Waals surface area contributed by atoms with Crippen LogP contribution in [0.15, 0.2) is 0 Å². The molecular weight excluding hydrogens is 194 g/mol. The van der Waals surface area contributed by atoms with Gasteiger partial charge in [-0.15, -0.1) is 0 Å². The molecule has 0 saturated heterocycles. The largest absolute Gasteiger partial charge is 0.327 e. The fraction of sp³-hybridized carbons (Fsp3) is 1.00. The first-order valence-corrected chi connectivity index (χ1v) is 7.52. The average molecular weight is 221 g/mol. The summed E-state index contributed by atoms with van der Waals surface area (Å²) in [7, 11) is 0. The Balaban J connectivity index is 1.77. The van der Waals surface area contributed by atoms with Gasteiger partial charge < -0.3 is 5.73 Å². The summed E-state index contributed by atoms with van der Waals surface area (Å²) in [4.78, 5) is 0. The molecule has 0 aliphatic heterocycles. The Morgan fingerprint density at radius 2 is 2.12 bits per heavy atom. The van der Waals surface area contributed by atoms with Crippen molar-refractivity contribution in [3.8, 4) is 0 Å². The van der Waals surface area contributed by atoms with Crippen molar-refractivity contribution >= 4 is 0 Å². The third-order valence-electron chi connectivity index (χ3n) is 6.08. The molecule has 92 valence electrons. The summed E-state index contributed by atoms with van der Waals surface area (Å²) in [6.07, 6.45) is 13.1. The molecule has 2 bridgehead atoms. The van der Waals surface area contributed by atoms with E-state index < -0.39 is 0 Å². The van der Waals surface area contributed by atoms with E-state index in [0.29, 0.717) is 11.5 Å². The molecule has 3 aliphatic rings. The van der Waals surface area contributed by atoms with Crippen LogP contribution in [0.25, 0.3) is 0 Å². The van der Waals surface area contributed by atoms with Crippen LogP contribution in [0.1, 0.15) is 64.7 Å². The van der Waals surface area contributed by atoms with Crippen molar-refractivity contribution in [1.29, 1.82) is 0 Å². The maximum absolute atomic E-state index is 6.59. The second kappa shape index (κ2) is 4.01. The molecule has 1 nitrogen and oxygen atoms in total. The summed E-state index contributed by atoms with van der Waals surface area (Å²) in [5.41, 5.74) is 7.19. The van der Waals surface area contributed by atoms with Crippen LogP contribution >= 0.6 is 0 Å². The molecule has 3 aliphatic carbocycles. The van der Waals surface area contributed by atoms with Crippen LogP contribution in [0.3, 0.4) is 0 Å². The first kappa shape index (κ1) is 11.1. The van der Waals surface area contributed by atoms with Gasteiger partial charge in [-0.25, -0.2) is 0 Å². The van der Waals surface area contributed by atoms with Crippen molar-refractivity contribution in [1.82, 2.24) is 0 Å². The van der Waals surface area contributed by atoms with Gasteiger partial charge in [-0.2, -0.15) is 0 Å². The molecule has 1 heteroatoms. The Bertz CT molecular complexity index is 256. The van der Waals surface area contributed by atoms with E-state index in [1.165, 1.54) is 57.8 Å². The monoisotopic (exact) mass is 221 g/mol. The Morgan fingerprint density at radius 1 is 1.25 bits per heavy atom. The highest BCUT2D eigenvalue weighted by Gasteiger charge is 2.57. The minimum atomic E-state index is 0.561. The zero-order chi connectivity index (χ0) is 11.2. The SMILES string of the molecule is CCC[C@H]1CCC[C@@]2(C1)[C@H]1CC[C@H](C1)[C@@H]2N. The Kier molecular flexibility index (Phi) is 2.78. The summed E-state index contributed by atoms with van der Waals surface area (Å²) in [6.45, 7) is 2.34. The zero-order valence-electron chi connectivity index (χ0n) is 10.8. The van der Waals surface area contributed by atoms with E-state index in [9.17, 15) is 0 Å². The molecule has 16 heavy (non-hydrogen) atoms. The lowest BCUT2D eigenvalue weighted by atomic mass is 9.59. The minimum Gasteiger partial charge on any atom is -0.327 e. The molecular formula is C15H27N. The summed E-state index contributed by atoms with van der Waals surface area (Å²) in [5.74, 6) is 2.90. The highest BCUT2D eigenvalue weighted by atomic mass is 14.8. The molecule has 3 fully saturated rings. The fourth-order valence-corrected chi connectivity index (χ4v) is 5.40. The molecule has 0 aromatic rings. The summed E-state index contributed by atoms with van der Waals surface area (Å²) >= 11 is 0. The van der Waals surface area contributed by atoms with Crippen LogP contribution in [0, 0.1) is 23.2 Å². The van der Waals surface area contributed by atoms with Crippen LogP contribution < -0.4 is 5.73 Å². The second-order valence-electron chi connectivity index (χ2n) is 6.78. The van der Waals surface area contributed by atoms with Gasteiger partial charge in [0.2, 0.25) is 0 Å². The molecule has 0 amide bonds. The van der Waals surface area contributed by atoms with Crippen LogP contribution in [0.5, 0.6) is 0 Å². The summed E-state index contributed by atoms with van der Waals surface area (Å²) in [5, 5.41) is 0. The van der Waals surface area contributed by atoms with Gasteiger partial charge in [0, 0.05) is 6.04 Å². The Labute approximate surface area is 100 Å². The van der Waals surface area contributed by atoms with Crippen molar-refractivity contribution in [3.63, 3.8) is 0 Å². The lowest BCUT2D eigenvalue weighted by molar-refractivity contribution is 0.0456. The van der Waals surface area contributed by atoms with E-state index >= 15 is 0 Å². The van der Waals surface area contributed by atoms with Gasteiger partial charge in [0.1, 0.15) is 0 Å². The molecule has 5 atom stereocenters. The number of hydrogen-bond acceptors (Lipinski definition) is 1. The van der Waals surface area contributed by atoms with Gasteiger partial charge in [0.15, 0.2) is 0 Å². The molecule has 0 radical (unpaired) electrons. The molecule has 3 rings (SSSR count). The van der Waals surface area contributed by atoms with Gasteiger partial charge in [-0.1, -0.05) is 32.6 Å². The number of rotatable bonds is 2. The van der Waals surface area contributed by atoms with Crippen LogP contribution in [-0.2, 0) is 0 Å². The maximum Gasteiger partial charge on any atom is 0.0127 e. The average Bonchev–Trinajstić information content (AvgIpc) is 2.84. The van der Waals surface area contributed by atoms with E-state index in [2.05, 4.69) is 6.92 Å². The molecule has 2 N–H and O–H groups in total. The topological polar surface area (TPSA) is 26.0 Å². The predicted molar refractivity (Wildman–Crippen MR) is 68.1 cm³/mol. The fourth-order valence-electron chi connectivity index (χ4n) is 5.40. The smallest absolute Gasteiger partial charge is 0.0127 e. The van der Waals surface area contributed by atoms with E-state index in [1.54, 1.807) is 0 Å². The van der Waals surface area contributed by atoms with E-state index in [1.807, 2.05) is 0 Å². The van der Waals surface area contributed by atoms with Crippen molar-refractivity contribution in [2.45, 2.75) is 70.8 Å². The van der Waals surface area contributed by atoms with E-state index in [0.717, 1.165) is 17.8 Å². The highest BCUT2D eigenvalue weighted by Crippen LogP contribution is 2.62. The Hall–Kier alpha value is -0.0400. The van der Waals surface area contributed by atoms with Crippen molar-refractivity contribution < 1.29 is 0 Å². The van der Waals surface area contributed by atoms with Crippen molar-refractivity contribution in [2.75, 3.05) is 0 Å². The number of nitrogens with two attached hydrogens (primary N) is 1. The molecule has 1 spiro atoms. The van der Waals surface area contributed by atoms with Crippen molar-refractivity contribution in [2.24, 2.45) is 28.9 Å². The normalized spacial score (nSPS) is 51.4. The lowest BCUT2D eigenvalue weighted by Crippen LogP contribution is -2.48. The molecule has 3 saturated carbocycles. The van der Waals surface area contributed by atoms with Crippen LogP contribution in [0.4, 0.5) is 0 Å². The summed E-state index contributed by atoms with van der Waals surface area (Å²) < 4.78 is 0. The van der Waals surface area contributed by atoms with Gasteiger partial charge in [-0.05, 0) is 55.3 Å². The highest BCUT2D eigenvalue weighted by molar-refractivity contribution is 5.09.